The van der Waals surface area contributed by atoms with Crippen molar-refractivity contribution in [2.75, 3.05) is 0 Å². The predicted octanol–water partition coefficient (Wildman–Crippen LogP) is 3.63. The molecule has 2 heterocycles. The van der Waals surface area contributed by atoms with Crippen molar-refractivity contribution in [1.82, 2.24) is 15.0 Å². The monoisotopic (exact) mass is 324 g/mol. The van der Waals surface area contributed by atoms with Crippen LogP contribution in [0.1, 0.15) is 11.5 Å². The molecule has 4 nitrogen and oxygen atoms in total. The van der Waals surface area contributed by atoms with Gasteiger partial charge in [0.15, 0.2) is 5.69 Å². The van der Waals surface area contributed by atoms with Crippen LogP contribution in [-0.4, -0.2) is 15.0 Å². The van der Waals surface area contributed by atoms with E-state index in [-0.39, 0.29) is 0 Å². The third-order valence-corrected chi connectivity index (χ3v) is 3.32. The highest BCUT2D eigenvalue weighted by molar-refractivity contribution is 9.10. The molecule has 20 heavy (non-hydrogen) atoms. The standard InChI is InChI=1S/C15H9BrN4/c1-9-18-13(7-15(16)19-9)11-6-10-4-2-3-5-12(10)20-14(11)8-17/h2-7H,1H3. The first-order valence-electron chi connectivity index (χ1n) is 5.99. The van der Waals surface area contributed by atoms with Crippen LogP contribution in [0.15, 0.2) is 41.0 Å². The lowest BCUT2D eigenvalue weighted by Crippen LogP contribution is -1.96. The minimum Gasteiger partial charge on any atom is -0.236 e. The van der Waals surface area contributed by atoms with Crippen molar-refractivity contribution in [2.24, 2.45) is 0 Å². The molecular weight excluding hydrogens is 316 g/mol. The van der Waals surface area contributed by atoms with E-state index in [2.05, 4.69) is 37.0 Å². The zero-order valence-corrected chi connectivity index (χ0v) is 12.2. The van der Waals surface area contributed by atoms with Crippen LogP contribution in [0.4, 0.5) is 0 Å². The number of nitrogens with zero attached hydrogens (tertiary/aromatic N) is 4. The van der Waals surface area contributed by atoms with E-state index in [1.807, 2.05) is 37.3 Å². The van der Waals surface area contributed by atoms with Crippen LogP contribution in [0.5, 0.6) is 0 Å². The van der Waals surface area contributed by atoms with Gasteiger partial charge in [-0.2, -0.15) is 5.26 Å². The van der Waals surface area contributed by atoms with Gasteiger partial charge in [-0.3, -0.25) is 0 Å². The average Bonchev–Trinajstić information content (AvgIpc) is 2.44. The molecule has 0 atom stereocenters. The molecule has 3 aromatic rings. The third-order valence-electron chi connectivity index (χ3n) is 2.91. The molecule has 0 N–H and O–H groups in total. The number of pyridine rings is 1. The highest BCUT2D eigenvalue weighted by atomic mass is 79.9. The molecule has 0 amide bonds. The zero-order valence-electron chi connectivity index (χ0n) is 10.6. The maximum atomic E-state index is 9.31. The smallest absolute Gasteiger partial charge is 0.150 e. The summed E-state index contributed by atoms with van der Waals surface area (Å²) in [6.07, 6.45) is 0. The van der Waals surface area contributed by atoms with Crippen molar-refractivity contribution < 1.29 is 0 Å². The Morgan fingerprint density at radius 2 is 1.90 bits per heavy atom. The Balaban J connectivity index is 2.32. The van der Waals surface area contributed by atoms with Crippen molar-refractivity contribution in [3.8, 4) is 17.3 Å². The molecular formula is C15H9BrN4. The maximum Gasteiger partial charge on any atom is 0.150 e. The maximum absolute atomic E-state index is 9.31. The van der Waals surface area contributed by atoms with Gasteiger partial charge in [-0.1, -0.05) is 18.2 Å². The van der Waals surface area contributed by atoms with Gasteiger partial charge in [0.1, 0.15) is 16.5 Å². The molecule has 0 aliphatic carbocycles. The van der Waals surface area contributed by atoms with Gasteiger partial charge in [0.2, 0.25) is 0 Å². The summed E-state index contributed by atoms with van der Waals surface area (Å²) in [5, 5.41) is 10.3. The summed E-state index contributed by atoms with van der Waals surface area (Å²) < 4.78 is 0.692. The molecule has 0 bridgehead atoms. The van der Waals surface area contributed by atoms with Crippen molar-refractivity contribution in [3.05, 3.63) is 52.5 Å². The minimum atomic E-state index is 0.369. The van der Waals surface area contributed by atoms with Crippen LogP contribution in [0, 0.1) is 18.3 Å². The van der Waals surface area contributed by atoms with Crippen LogP contribution in [-0.2, 0) is 0 Å². The molecule has 0 saturated heterocycles. The van der Waals surface area contributed by atoms with E-state index in [9.17, 15) is 5.26 Å². The van der Waals surface area contributed by atoms with Crippen LogP contribution in [0.25, 0.3) is 22.2 Å². The molecule has 0 aliphatic rings. The highest BCUT2D eigenvalue weighted by Gasteiger charge is 2.11. The first kappa shape index (κ1) is 12.7. The number of para-hydroxylation sites is 1. The molecule has 0 spiro atoms. The Morgan fingerprint density at radius 1 is 1.10 bits per heavy atom. The fraction of sp³-hybridized carbons (Fsp3) is 0.0667. The summed E-state index contributed by atoms with van der Waals surface area (Å²) >= 11 is 3.35. The SMILES string of the molecule is Cc1nc(Br)cc(-c2cc3ccccc3nc2C#N)n1. The predicted molar refractivity (Wildman–Crippen MR) is 79.9 cm³/mol. The summed E-state index contributed by atoms with van der Waals surface area (Å²) in [7, 11) is 0. The fourth-order valence-electron chi connectivity index (χ4n) is 2.07. The van der Waals surface area contributed by atoms with Crippen LogP contribution >= 0.6 is 15.9 Å². The Hall–Kier alpha value is -2.32. The molecule has 3 rings (SSSR count). The topological polar surface area (TPSA) is 62.5 Å². The van der Waals surface area contributed by atoms with Gasteiger partial charge in [-0.15, -0.1) is 0 Å². The van der Waals surface area contributed by atoms with Crippen molar-refractivity contribution in [3.63, 3.8) is 0 Å². The molecule has 5 heteroatoms. The van der Waals surface area contributed by atoms with Gasteiger partial charge in [-0.05, 0) is 41.1 Å². The van der Waals surface area contributed by atoms with E-state index >= 15 is 0 Å². The molecule has 0 saturated carbocycles. The minimum absolute atomic E-state index is 0.369. The zero-order chi connectivity index (χ0) is 14.1. The fourth-order valence-corrected chi connectivity index (χ4v) is 2.54. The van der Waals surface area contributed by atoms with E-state index in [0.717, 1.165) is 16.5 Å². The number of nitriles is 1. The average molecular weight is 325 g/mol. The molecule has 0 fully saturated rings. The highest BCUT2D eigenvalue weighted by Crippen LogP contribution is 2.26. The van der Waals surface area contributed by atoms with E-state index in [1.54, 1.807) is 6.07 Å². The van der Waals surface area contributed by atoms with Gasteiger partial charge in [0.25, 0.3) is 0 Å². The normalized spacial score (nSPS) is 10.4. The van der Waals surface area contributed by atoms with E-state index in [0.29, 0.717) is 21.8 Å². The number of hydrogen-bond donors (Lipinski definition) is 0. The van der Waals surface area contributed by atoms with Gasteiger partial charge in [0.05, 0.1) is 11.2 Å². The summed E-state index contributed by atoms with van der Waals surface area (Å²) in [5.74, 6) is 0.645. The summed E-state index contributed by atoms with van der Waals surface area (Å²) in [6.45, 7) is 1.81. The van der Waals surface area contributed by atoms with Crippen LogP contribution in [0.2, 0.25) is 0 Å². The number of halogens is 1. The van der Waals surface area contributed by atoms with Gasteiger partial charge < -0.3 is 0 Å². The second kappa shape index (κ2) is 4.99. The second-order valence-electron chi connectivity index (χ2n) is 4.31. The first-order valence-corrected chi connectivity index (χ1v) is 6.78. The van der Waals surface area contributed by atoms with Crippen LogP contribution < -0.4 is 0 Å². The number of benzene rings is 1. The Morgan fingerprint density at radius 3 is 2.65 bits per heavy atom. The third kappa shape index (κ3) is 2.26. The Labute approximate surface area is 124 Å². The Kier molecular flexibility index (Phi) is 3.17. The number of rotatable bonds is 1. The van der Waals surface area contributed by atoms with Gasteiger partial charge >= 0.3 is 0 Å². The van der Waals surface area contributed by atoms with Crippen LogP contribution in [0.3, 0.4) is 0 Å². The molecule has 0 aliphatic heterocycles. The van der Waals surface area contributed by atoms with Crippen molar-refractivity contribution >= 4 is 26.8 Å². The van der Waals surface area contributed by atoms with Crippen molar-refractivity contribution in [2.45, 2.75) is 6.92 Å². The Bertz CT molecular complexity index is 832. The lowest BCUT2D eigenvalue weighted by Gasteiger charge is -2.06. The summed E-state index contributed by atoms with van der Waals surface area (Å²) in [4.78, 5) is 13.0. The van der Waals surface area contributed by atoms with E-state index in [4.69, 9.17) is 0 Å². The lowest BCUT2D eigenvalue weighted by atomic mass is 10.1. The van der Waals surface area contributed by atoms with Gasteiger partial charge in [0, 0.05) is 10.9 Å². The number of aryl methyl sites for hydroxylation is 1. The molecule has 0 unspecified atom stereocenters. The largest absolute Gasteiger partial charge is 0.236 e. The number of fused-ring (bicyclic) bond motifs is 1. The number of hydrogen-bond acceptors (Lipinski definition) is 4. The molecule has 2 aromatic heterocycles. The van der Waals surface area contributed by atoms with Crippen molar-refractivity contribution in [1.29, 1.82) is 5.26 Å². The van der Waals surface area contributed by atoms with Gasteiger partial charge in [-0.25, -0.2) is 15.0 Å². The number of aromatic nitrogens is 3. The summed E-state index contributed by atoms with van der Waals surface area (Å²) in [6, 6.07) is 13.6. The second-order valence-corrected chi connectivity index (χ2v) is 5.12. The molecule has 96 valence electrons. The van der Waals surface area contributed by atoms with E-state index < -0.39 is 0 Å². The quantitative estimate of drug-likeness (QED) is 0.641. The lowest BCUT2D eigenvalue weighted by molar-refractivity contribution is 1.04. The first-order chi connectivity index (χ1) is 9.67. The molecule has 0 radical (unpaired) electrons. The molecule has 1 aromatic carbocycles. The van der Waals surface area contributed by atoms with E-state index in [1.165, 1.54) is 0 Å². The summed E-state index contributed by atoms with van der Waals surface area (Å²) in [5.41, 5.74) is 2.59.